The van der Waals surface area contributed by atoms with Gasteiger partial charge < -0.3 is 15.0 Å². The van der Waals surface area contributed by atoms with Gasteiger partial charge in [0.15, 0.2) is 6.04 Å². The van der Waals surface area contributed by atoms with Crippen LogP contribution in [-0.4, -0.2) is 30.8 Å². The lowest BCUT2D eigenvalue weighted by Crippen LogP contribution is -3.06. The summed E-state index contributed by atoms with van der Waals surface area (Å²) >= 11 is 0. The molecule has 13 heavy (non-hydrogen) atoms. The summed E-state index contributed by atoms with van der Waals surface area (Å²) in [6.07, 6.45) is 0. The molecule has 0 aromatic heterocycles. The van der Waals surface area contributed by atoms with Crippen LogP contribution in [-0.2, 0) is 9.53 Å². The van der Waals surface area contributed by atoms with Gasteiger partial charge in [-0.3, -0.25) is 10.1 Å². The molecule has 2 N–H and O–H groups in total. The molecule has 76 valence electrons. The van der Waals surface area contributed by atoms with Gasteiger partial charge in [0.25, 0.3) is 0 Å². The zero-order chi connectivity index (χ0) is 10.1. The number of rotatable bonds is 1. The molecule has 5 heteroatoms. The van der Waals surface area contributed by atoms with Crippen molar-refractivity contribution in [2.45, 2.75) is 32.4 Å². The van der Waals surface area contributed by atoms with E-state index in [0.29, 0.717) is 0 Å². The van der Waals surface area contributed by atoms with E-state index in [1.165, 1.54) is 0 Å². The first-order chi connectivity index (χ1) is 5.88. The van der Waals surface area contributed by atoms with Gasteiger partial charge in [-0.05, 0) is 20.8 Å². The van der Waals surface area contributed by atoms with Gasteiger partial charge in [-0.15, -0.1) is 0 Å². The number of ether oxygens (including phenoxy) is 1. The summed E-state index contributed by atoms with van der Waals surface area (Å²) in [5, 5.41) is 13.7. The molecule has 1 aliphatic rings. The molecule has 0 radical (unpaired) electrons. The third-order valence-corrected chi connectivity index (χ3v) is 1.67. The Morgan fingerprint density at radius 3 is 2.62 bits per heavy atom. The van der Waals surface area contributed by atoms with Crippen LogP contribution in [0.5, 0.6) is 0 Å². The first-order valence-electron chi connectivity index (χ1n) is 4.36. The maximum atomic E-state index is 11.4. The van der Waals surface area contributed by atoms with Gasteiger partial charge in [0.1, 0.15) is 18.8 Å². The number of nitrogens with one attached hydrogen (secondary N) is 2. The van der Waals surface area contributed by atoms with Crippen LogP contribution in [0.25, 0.3) is 0 Å². The standard InChI is InChI=1S/C8H16N2O3/c1-8(2,3)13-7(11)6-4-10(12)5-9-6/h6,9-10H,4-5H2,1-3H3. The molecule has 0 spiro atoms. The third kappa shape index (κ3) is 3.30. The molecule has 0 aromatic carbocycles. The van der Waals surface area contributed by atoms with Gasteiger partial charge >= 0.3 is 5.97 Å². The van der Waals surface area contributed by atoms with E-state index < -0.39 is 11.6 Å². The van der Waals surface area contributed by atoms with E-state index >= 15 is 0 Å². The summed E-state index contributed by atoms with van der Waals surface area (Å²) < 4.78 is 5.12. The predicted octanol–water partition coefficient (Wildman–Crippen LogP) is -1.36. The maximum Gasteiger partial charge on any atom is 0.329 e. The third-order valence-electron chi connectivity index (χ3n) is 1.67. The Hall–Kier alpha value is -0.650. The fraction of sp³-hybridized carbons (Fsp3) is 0.875. The summed E-state index contributed by atoms with van der Waals surface area (Å²) in [6, 6.07) is -0.438. The lowest BCUT2D eigenvalue weighted by Gasteiger charge is -2.21. The summed E-state index contributed by atoms with van der Waals surface area (Å²) in [6.45, 7) is 5.96. The molecule has 1 rings (SSSR count). The minimum atomic E-state index is -0.482. The first kappa shape index (κ1) is 10.4. The Balaban J connectivity index is 2.41. The van der Waals surface area contributed by atoms with E-state index in [4.69, 9.17) is 4.74 Å². The number of hydrogen-bond acceptors (Lipinski definition) is 4. The molecule has 1 fully saturated rings. The van der Waals surface area contributed by atoms with Crippen molar-refractivity contribution in [1.29, 1.82) is 0 Å². The molecule has 0 saturated carbocycles. The highest BCUT2D eigenvalue weighted by molar-refractivity contribution is 5.76. The van der Waals surface area contributed by atoms with Gasteiger partial charge in [-0.25, -0.2) is 0 Å². The minimum Gasteiger partial charge on any atom is -0.633 e. The van der Waals surface area contributed by atoms with Crippen molar-refractivity contribution in [2.75, 3.05) is 13.2 Å². The van der Waals surface area contributed by atoms with E-state index in [-0.39, 0.29) is 24.2 Å². The lowest BCUT2D eigenvalue weighted by atomic mass is 10.2. The molecule has 0 aromatic rings. The molecule has 5 nitrogen and oxygen atoms in total. The molecule has 2 atom stereocenters. The SMILES string of the molecule is CC(C)(C)OC(=O)C1C[NH+]([O-])CN1. The molecule has 0 bridgehead atoms. The van der Waals surface area contributed by atoms with E-state index in [9.17, 15) is 10.0 Å². The van der Waals surface area contributed by atoms with Crippen molar-refractivity contribution in [1.82, 2.24) is 5.32 Å². The number of esters is 1. The van der Waals surface area contributed by atoms with Crippen LogP contribution < -0.4 is 10.4 Å². The van der Waals surface area contributed by atoms with Crippen molar-refractivity contribution < 1.29 is 14.6 Å². The summed E-state index contributed by atoms with van der Waals surface area (Å²) in [4.78, 5) is 11.4. The van der Waals surface area contributed by atoms with Gasteiger partial charge in [-0.1, -0.05) is 0 Å². The number of quaternary nitrogens is 1. The van der Waals surface area contributed by atoms with Crippen LogP contribution in [0.4, 0.5) is 0 Å². The highest BCUT2D eigenvalue weighted by atomic mass is 16.6. The van der Waals surface area contributed by atoms with Gasteiger partial charge in [-0.2, -0.15) is 0 Å². The lowest BCUT2D eigenvalue weighted by molar-refractivity contribution is -0.835. The van der Waals surface area contributed by atoms with Crippen LogP contribution in [0.3, 0.4) is 0 Å². The Morgan fingerprint density at radius 1 is 1.62 bits per heavy atom. The Labute approximate surface area is 77.6 Å². The van der Waals surface area contributed by atoms with Gasteiger partial charge in [0.05, 0.1) is 0 Å². The minimum absolute atomic E-state index is 0.0656. The van der Waals surface area contributed by atoms with Crippen LogP contribution in [0.2, 0.25) is 0 Å². The second kappa shape index (κ2) is 3.61. The van der Waals surface area contributed by atoms with Gasteiger partial charge in [0.2, 0.25) is 0 Å². The van der Waals surface area contributed by atoms with Crippen molar-refractivity contribution in [3.63, 3.8) is 0 Å². The summed E-state index contributed by atoms with van der Waals surface area (Å²) in [5.41, 5.74) is -0.482. The molecule has 1 saturated heterocycles. The molecule has 1 aliphatic heterocycles. The molecule has 0 aliphatic carbocycles. The average molecular weight is 188 g/mol. The fourth-order valence-electron chi connectivity index (χ4n) is 1.15. The first-order valence-corrected chi connectivity index (χ1v) is 4.36. The molecular formula is C8H16N2O3. The maximum absolute atomic E-state index is 11.4. The van der Waals surface area contributed by atoms with Crippen molar-refractivity contribution in [3.8, 4) is 0 Å². The smallest absolute Gasteiger partial charge is 0.329 e. The van der Waals surface area contributed by atoms with Crippen molar-refractivity contribution in [3.05, 3.63) is 5.21 Å². The van der Waals surface area contributed by atoms with Crippen LogP contribution in [0, 0.1) is 5.21 Å². The summed E-state index contributed by atoms with van der Waals surface area (Å²) in [7, 11) is 0. The second-order valence-electron chi connectivity index (χ2n) is 4.21. The highest BCUT2D eigenvalue weighted by Crippen LogP contribution is 2.08. The quantitative estimate of drug-likeness (QED) is 0.394. The Morgan fingerprint density at radius 2 is 2.23 bits per heavy atom. The van der Waals surface area contributed by atoms with Crippen molar-refractivity contribution in [2.24, 2.45) is 0 Å². The zero-order valence-corrected chi connectivity index (χ0v) is 8.22. The number of hydrogen-bond donors (Lipinski definition) is 2. The monoisotopic (exact) mass is 188 g/mol. The van der Waals surface area contributed by atoms with Crippen LogP contribution in [0.15, 0.2) is 0 Å². The second-order valence-corrected chi connectivity index (χ2v) is 4.21. The molecule has 2 unspecified atom stereocenters. The molecular weight excluding hydrogens is 172 g/mol. The van der Waals surface area contributed by atoms with E-state index in [1.807, 2.05) is 20.8 Å². The highest BCUT2D eigenvalue weighted by Gasteiger charge is 2.31. The van der Waals surface area contributed by atoms with Crippen LogP contribution in [0.1, 0.15) is 20.8 Å². The van der Waals surface area contributed by atoms with E-state index in [1.54, 1.807) is 0 Å². The zero-order valence-electron chi connectivity index (χ0n) is 8.22. The molecule has 1 heterocycles. The predicted molar refractivity (Wildman–Crippen MR) is 46.8 cm³/mol. The van der Waals surface area contributed by atoms with Crippen LogP contribution >= 0.6 is 0 Å². The van der Waals surface area contributed by atoms with Crippen molar-refractivity contribution >= 4 is 5.97 Å². The number of carbonyl (C=O) groups is 1. The fourth-order valence-corrected chi connectivity index (χ4v) is 1.15. The average Bonchev–Trinajstić information content (AvgIpc) is 2.31. The number of carbonyl (C=O) groups excluding carboxylic acids is 1. The largest absolute Gasteiger partial charge is 0.633 e. The normalized spacial score (nSPS) is 28.9. The summed E-state index contributed by atoms with van der Waals surface area (Å²) in [5.74, 6) is -0.335. The Bertz CT molecular complexity index is 200. The molecule has 0 amide bonds. The number of hydroxylamine groups is 2. The topological polar surface area (TPSA) is 65.8 Å². The van der Waals surface area contributed by atoms with Gasteiger partial charge in [0, 0.05) is 0 Å². The van der Waals surface area contributed by atoms with E-state index in [0.717, 1.165) is 0 Å². The van der Waals surface area contributed by atoms with E-state index in [2.05, 4.69) is 5.32 Å². The Kier molecular flexibility index (Phi) is 2.90.